The zero-order chi connectivity index (χ0) is 15.8. The van der Waals surface area contributed by atoms with Crippen LogP contribution in [0.25, 0.3) is 0 Å². The number of aliphatic hydroxyl groups excluding tert-OH is 1. The Bertz CT molecular complexity index is 631. The van der Waals surface area contributed by atoms with Gasteiger partial charge in [-0.15, -0.1) is 0 Å². The molecule has 0 radical (unpaired) electrons. The third-order valence-corrected chi connectivity index (χ3v) is 5.86. The van der Waals surface area contributed by atoms with Crippen LogP contribution < -0.4 is 0 Å². The summed E-state index contributed by atoms with van der Waals surface area (Å²) in [5.41, 5.74) is -0.614. The summed E-state index contributed by atoms with van der Waals surface area (Å²) in [4.78, 5) is -0.569. The zero-order valence-corrected chi connectivity index (χ0v) is 12.8. The van der Waals surface area contributed by atoms with Crippen molar-refractivity contribution in [3.63, 3.8) is 0 Å². The highest BCUT2D eigenvalue weighted by molar-refractivity contribution is 7.89. The Labute approximate surface area is 123 Å². The zero-order valence-electron chi connectivity index (χ0n) is 12.0. The Morgan fingerprint density at radius 1 is 1.38 bits per heavy atom. The number of hydrogen-bond acceptors (Lipinski definition) is 3. The molecular formula is C14H19F2NO3S. The van der Waals surface area contributed by atoms with Crippen LogP contribution in [0, 0.1) is 17.6 Å². The van der Waals surface area contributed by atoms with Crippen LogP contribution in [0.4, 0.5) is 8.78 Å². The highest BCUT2D eigenvalue weighted by Gasteiger charge is 2.38. The van der Waals surface area contributed by atoms with Gasteiger partial charge in [0.1, 0.15) is 10.7 Å². The van der Waals surface area contributed by atoms with Gasteiger partial charge in [-0.2, -0.15) is 4.31 Å². The van der Waals surface area contributed by atoms with E-state index >= 15 is 0 Å². The topological polar surface area (TPSA) is 57.6 Å². The Morgan fingerprint density at radius 3 is 2.62 bits per heavy atom. The first kappa shape index (κ1) is 16.3. The fourth-order valence-electron chi connectivity index (χ4n) is 2.78. The second-order valence-corrected chi connectivity index (χ2v) is 7.42. The van der Waals surface area contributed by atoms with E-state index in [4.69, 9.17) is 5.11 Å². The summed E-state index contributed by atoms with van der Waals surface area (Å²) in [6, 6.07) is 1.62. The summed E-state index contributed by atoms with van der Waals surface area (Å²) in [7, 11) is -4.03. The number of hydrogen-bond donors (Lipinski definition) is 1. The van der Waals surface area contributed by atoms with Gasteiger partial charge in [0.15, 0.2) is 5.82 Å². The molecule has 1 aliphatic rings. The van der Waals surface area contributed by atoms with Crippen molar-refractivity contribution in [3.8, 4) is 0 Å². The van der Waals surface area contributed by atoms with Gasteiger partial charge in [0.25, 0.3) is 0 Å². The molecule has 21 heavy (non-hydrogen) atoms. The maximum Gasteiger partial charge on any atom is 0.246 e. The van der Waals surface area contributed by atoms with Crippen LogP contribution in [-0.2, 0) is 16.6 Å². The average Bonchev–Trinajstić information content (AvgIpc) is 2.89. The lowest BCUT2D eigenvalue weighted by molar-refractivity contribution is 0.267. The van der Waals surface area contributed by atoms with E-state index in [0.717, 1.165) is 25.0 Å². The first-order valence-electron chi connectivity index (χ1n) is 6.90. The van der Waals surface area contributed by atoms with Crippen LogP contribution in [0.2, 0.25) is 0 Å². The van der Waals surface area contributed by atoms with E-state index in [9.17, 15) is 17.2 Å². The molecule has 1 aliphatic heterocycles. The second-order valence-electron chi connectivity index (χ2n) is 5.57. The number of halogens is 2. The van der Waals surface area contributed by atoms with Crippen LogP contribution in [0.3, 0.4) is 0 Å². The maximum absolute atomic E-state index is 14.2. The van der Waals surface area contributed by atoms with Gasteiger partial charge in [-0.05, 0) is 30.9 Å². The molecule has 0 spiro atoms. The summed E-state index contributed by atoms with van der Waals surface area (Å²) in [6.45, 7) is 3.28. The third kappa shape index (κ3) is 2.82. The lowest BCUT2D eigenvalue weighted by Gasteiger charge is -2.27. The fraction of sp³-hybridized carbons (Fsp3) is 0.571. The number of rotatable bonds is 4. The third-order valence-electron chi connectivity index (χ3n) is 3.91. The maximum atomic E-state index is 14.2. The predicted molar refractivity (Wildman–Crippen MR) is 74.0 cm³/mol. The number of sulfonamides is 1. The quantitative estimate of drug-likeness (QED) is 0.926. The molecule has 1 fully saturated rings. The van der Waals surface area contributed by atoms with E-state index in [0.29, 0.717) is 6.54 Å². The highest BCUT2D eigenvalue weighted by Crippen LogP contribution is 2.32. The smallest absolute Gasteiger partial charge is 0.246 e. The first-order chi connectivity index (χ1) is 9.80. The molecule has 1 N–H and O–H groups in total. The normalized spacial score (nSPS) is 20.4. The molecule has 1 unspecified atom stereocenters. The Kier molecular flexibility index (Phi) is 4.65. The van der Waals surface area contributed by atoms with Crippen LogP contribution in [0.15, 0.2) is 17.0 Å². The van der Waals surface area contributed by atoms with Gasteiger partial charge in [0.05, 0.1) is 12.2 Å². The molecule has 7 heteroatoms. The van der Waals surface area contributed by atoms with Crippen LogP contribution in [0.1, 0.15) is 32.3 Å². The summed E-state index contributed by atoms with van der Waals surface area (Å²) in [5, 5.41) is 9.01. The highest BCUT2D eigenvalue weighted by atomic mass is 32.2. The van der Waals surface area contributed by atoms with Gasteiger partial charge in [-0.3, -0.25) is 0 Å². The summed E-state index contributed by atoms with van der Waals surface area (Å²) in [6.07, 6.45) is 1.45. The van der Waals surface area contributed by atoms with Crippen molar-refractivity contribution in [3.05, 3.63) is 29.3 Å². The van der Waals surface area contributed by atoms with Crippen molar-refractivity contribution in [2.45, 2.75) is 44.2 Å². The fourth-order valence-corrected chi connectivity index (χ4v) is 4.69. The van der Waals surface area contributed by atoms with Gasteiger partial charge in [0.2, 0.25) is 10.0 Å². The van der Waals surface area contributed by atoms with E-state index in [1.54, 1.807) is 0 Å². The standard InChI is InChI=1S/C14H19F2NO3S/c1-9(2)12-4-3-7-17(12)21(19,20)13-6-5-11(15)10(8-18)14(13)16/h5-6,9,12,18H,3-4,7-8H2,1-2H3. The molecule has 2 rings (SSSR count). The average molecular weight is 319 g/mol. The number of aliphatic hydroxyl groups is 1. The first-order valence-corrected chi connectivity index (χ1v) is 8.34. The lowest BCUT2D eigenvalue weighted by atomic mass is 10.0. The molecule has 1 heterocycles. The Balaban J connectivity index is 2.50. The van der Waals surface area contributed by atoms with E-state index in [-0.39, 0.29) is 12.0 Å². The summed E-state index contributed by atoms with van der Waals surface area (Å²) < 4.78 is 54.1. The molecule has 1 aromatic carbocycles. The lowest BCUT2D eigenvalue weighted by Crippen LogP contribution is -2.39. The minimum atomic E-state index is -4.03. The van der Waals surface area contributed by atoms with E-state index < -0.39 is 38.7 Å². The minimum absolute atomic E-state index is 0.114. The van der Waals surface area contributed by atoms with E-state index in [2.05, 4.69) is 0 Å². The molecule has 1 saturated heterocycles. The molecule has 1 aromatic rings. The van der Waals surface area contributed by atoms with E-state index in [1.165, 1.54) is 4.31 Å². The van der Waals surface area contributed by atoms with Gasteiger partial charge in [0, 0.05) is 12.6 Å². The molecular weight excluding hydrogens is 300 g/mol. The van der Waals surface area contributed by atoms with Crippen molar-refractivity contribution in [1.29, 1.82) is 0 Å². The van der Waals surface area contributed by atoms with Crippen molar-refractivity contribution < 1.29 is 22.3 Å². The number of benzene rings is 1. The van der Waals surface area contributed by atoms with E-state index in [1.807, 2.05) is 13.8 Å². The van der Waals surface area contributed by atoms with Crippen LogP contribution in [-0.4, -0.2) is 30.4 Å². The SMILES string of the molecule is CC(C)C1CCCN1S(=O)(=O)c1ccc(F)c(CO)c1F. The molecule has 0 amide bonds. The van der Waals surface area contributed by atoms with Crippen LogP contribution >= 0.6 is 0 Å². The molecule has 4 nitrogen and oxygen atoms in total. The molecule has 1 atom stereocenters. The van der Waals surface area contributed by atoms with Crippen LogP contribution in [0.5, 0.6) is 0 Å². The summed E-state index contributed by atoms with van der Waals surface area (Å²) >= 11 is 0. The van der Waals surface area contributed by atoms with Gasteiger partial charge >= 0.3 is 0 Å². The Morgan fingerprint density at radius 2 is 2.05 bits per heavy atom. The summed E-state index contributed by atoms with van der Waals surface area (Å²) in [5.74, 6) is -2.04. The molecule has 0 saturated carbocycles. The minimum Gasteiger partial charge on any atom is -0.391 e. The van der Waals surface area contributed by atoms with Gasteiger partial charge < -0.3 is 5.11 Å². The number of nitrogens with zero attached hydrogens (tertiary/aromatic N) is 1. The van der Waals surface area contributed by atoms with Crippen molar-refractivity contribution in [1.82, 2.24) is 4.31 Å². The molecule has 118 valence electrons. The van der Waals surface area contributed by atoms with Crippen molar-refractivity contribution in [2.24, 2.45) is 5.92 Å². The Hall–Kier alpha value is -1.05. The van der Waals surface area contributed by atoms with Gasteiger partial charge in [-0.25, -0.2) is 17.2 Å². The van der Waals surface area contributed by atoms with Gasteiger partial charge in [-0.1, -0.05) is 13.8 Å². The second kappa shape index (κ2) is 5.98. The molecule has 0 aromatic heterocycles. The van der Waals surface area contributed by atoms with Crippen molar-refractivity contribution >= 4 is 10.0 Å². The van der Waals surface area contributed by atoms with Crippen molar-refractivity contribution in [2.75, 3.05) is 6.54 Å². The predicted octanol–water partition coefficient (Wildman–Crippen LogP) is 2.27. The monoisotopic (exact) mass is 319 g/mol. The molecule has 0 bridgehead atoms. The largest absolute Gasteiger partial charge is 0.391 e. The molecule has 0 aliphatic carbocycles.